The van der Waals surface area contributed by atoms with Gasteiger partial charge < -0.3 is 10.6 Å². The van der Waals surface area contributed by atoms with Gasteiger partial charge in [-0.05, 0) is 19.1 Å². The second-order valence-corrected chi connectivity index (χ2v) is 2.85. The normalized spacial score (nSPS) is 13.3. The molecule has 14 heavy (non-hydrogen) atoms. The Morgan fingerprint density at radius 2 is 2.36 bits per heavy atom. The molecule has 0 radical (unpaired) electrons. The highest BCUT2D eigenvalue weighted by molar-refractivity contribution is 5.12. The van der Waals surface area contributed by atoms with E-state index in [4.69, 9.17) is 10.6 Å². The fraction of sp³-hybridized carbons (Fsp3) is 0.444. The van der Waals surface area contributed by atoms with Crippen LogP contribution in [-0.2, 0) is 11.3 Å². The van der Waals surface area contributed by atoms with E-state index >= 15 is 0 Å². The third-order valence-corrected chi connectivity index (χ3v) is 1.91. The van der Waals surface area contributed by atoms with Gasteiger partial charge in [-0.1, -0.05) is 11.3 Å². The van der Waals surface area contributed by atoms with E-state index in [9.17, 15) is 0 Å². The van der Waals surface area contributed by atoms with E-state index in [1.54, 1.807) is 7.11 Å². The fourth-order valence-corrected chi connectivity index (χ4v) is 1.05. The second kappa shape index (κ2) is 5.29. The van der Waals surface area contributed by atoms with Crippen LogP contribution in [0.25, 0.3) is 0 Å². The zero-order chi connectivity index (χ0) is 10.4. The molecule has 0 saturated heterocycles. The van der Waals surface area contributed by atoms with Crippen molar-refractivity contribution in [2.45, 2.75) is 19.6 Å². The Labute approximate surface area is 83.0 Å². The monoisotopic (exact) mass is 194 g/mol. The number of rotatable bonds is 4. The predicted octanol–water partition coefficient (Wildman–Crippen LogP) is 1.61. The van der Waals surface area contributed by atoms with Gasteiger partial charge >= 0.3 is 0 Å². The first kappa shape index (κ1) is 10.6. The minimum atomic E-state index is -0.00948. The molecule has 0 saturated carbocycles. The number of ether oxygens (including phenoxy) is 1. The summed E-state index contributed by atoms with van der Waals surface area (Å²) in [6.07, 6.45) is -0.00948. The highest BCUT2D eigenvalue weighted by Crippen LogP contribution is 2.13. The van der Waals surface area contributed by atoms with Crippen molar-refractivity contribution in [1.29, 1.82) is 0 Å². The van der Waals surface area contributed by atoms with E-state index in [1.165, 1.54) is 0 Å². The zero-order valence-corrected chi connectivity index (χ0v) is 8.34. The average molecular weight is 194 g/mol. The van der Waals surface area contributed by atoms with Gasteiger partial charge in [0.1, 0.15) is 6.54 Å². The van der Waals surface area contributed by atoms with Crippen molar-refractivity contribution in [3.05, 3.63) is 29.6 Å². The molecule has 0 amide bonds. The maximum atomic E-state index is 5.15. The van der Waals surface area contributed by atoms with Crippen LogP contribution in [0.2, 0.25) is 0 Å². The summed E-state index contributed by atoms with van der Waals surface area (Å²) in [6, 6.07) is 5.71. The lowest BCUT2D eigenvalue weighted by atomic mass is 10.2. The van der Waals surface area contributed by atoms with E-state index in [2.05, 4.69) is 15.3 Å². The van der Waals surface area contributed by atoms with Gasteiger partial charge in [0.15, 0.2) is 0 Å². The van der Waals surface area contributed by atoms with Crippen LogP contribution in [0.15, 0.2) is 28.5 Å². The van der Waals surface area contributed by atoms with Gasteiger partial charge in [0.05, 0.1) is 17.5 Å². The summed E-state index contributed by atoms with van der Waals surface area (Å²) in [5.74, 6) is 4.91. The molecule has 1 atom stereocenters. The van der Waals surface area contributed by atoms with Crippen molar-refractivity contribution in [3.63, 3.8) is 0 Å². The van der Waals surface area contributed by atoms with E-state index in [-0.39, 0.29) is 6.10 Å². The first-order valence-corrected chi connectivity index (χ1v) is 4.33. The molecule has 0 bridgehead atoms. The molecule has 0 aliphatic heterocycles. The third kappa shape index (κ3) is 2.77. The van der Waals surface area contributed by atoms with Gasteiger partial charge in [-0.2, -0.15) is 5.11 Å². The van der Waals surface area contributed by atoms with Crippen molar-refractivity contribution in [2.75, 3.05) is 7.11 Å². The topological polar surface area (TPSA) is 72.9 Å². The first-order chi connectivity index (χ1) is 6.77. The number of pyridine rings is 1. The molecule has 76 valence electrons. The molecule has 5 nitrogen and oxygen atoms in total. The number of methoxy groups -OCH3 is 1. The zero-order valence-electron chi connectivity index (χ0n) is 8.34. The predicted molar refractivity (Wildman–Crippen MR) is 52.4 cm³/mol. The van der Waals surface area contributed by atoms with Crippen LogP contribution in [0.5, 0.6) is 0 Å². The minimum Gasteiger partial charge on any atom is -0.375 e. The largest absolute Gasteiger partial charge is 0.375 e. The molecule has 1 aromatic heterocycles. The Morgan fingerprint density at radius 1 is 1.57 bits per heavy atom. The molecule has 2 N–H and O–H groups in total. The smallest absolute Gasteiger partial charge is 0.104 e. The fourth-order valence-electron chi connectivity index (χ4n) is 1.05. The molecule has 1 aromatic rings. The summed E-state index contributed by atoms with van der Waals surface area (Å²) in [5, 5.41) is 6.85. The summed E-state index contributed by atoms with van der Waals surface area (Å²) in [5.41, 5.74) is 1.72. The van der Waals surface area contributed by atoms with Crippen LogP contribution in [0.3, 0.4) is 0 Å². The third-order valence-electron chi connectivity index (χ3n) is 1.91. The summed E-state index contributed by atoms with van der Waals surface area (Å²) in [6.45, 7) is 2.34. The lowest BCUT2D eigenvalue weighted by molar-refractivity contribution is 0.116. The van der Waals surface area contributed by atoms with Crippen LogP contribution in [0.1, 0.15) is 24.4 Å². The first-order valence-electron chi connectivity index (χ1n) is 4.33. The van der Waals surface area contributed by atoms with E-state index < -0.39 is 0 Å². The minimum absolute atomic E-state index is 0.00948. The van der Waals surface area contributed by atoms with Crippen molar-refractivity contribution < 1.29 is 4.74 Å². The highest BCUT2D eigenvalue weighted by Gasteiger charge is 2.05. The maximum Gasteiger partial charge on any atom is 0.104 e. The van der Waals surface area contributed by atoms with Gasteiger partial charge in [0.25, 0.3) is 0 Å². The molecule has 0 aliphatic rings. The Bertz CT molecular complexity index is 313. The van der Waals surface area contributed by atoms with E-state index in [1.807, 2.05) is 25.1 Å². The summed E-state index contributed by atoms with van der Waals surface area (Å²) in [7, 11) is 1.65. The molecule has 0 aliphatic carbocycles. The molecular weight excluding hydrogens is 180 g/mol. The van der Waals surface area contributed by atoms with E-state index in [0.29, 0.717) is 6.54 Å². The van der Waals surface area contributed by atoms with E-state index in [0.717, 1.165) is 11.4 Å². The van der Waals surface area contributed by atoms with Crippen LogP contribution in [0.4, 0.5) is 0 Å². The molecule has 0 spiro atoms. The van der Waals surface area contributed by atoms with Crippen molar-refractivity contribution in [1.82, 2.24) is 4.98 Å². The Kier molecular flexibility index (Phi) is 4.00. The lowest BCUT2D eigenvalue weighted by Gasteiger charge is -2.08. The van der Waals surface area contributed by atoms with Crippen LogP contribution in [-0.4, -0.2) is 12.1 Å². The van der Waals surface area contributed by atoms with Gasteiger partial charge in [-0.15, -0.1) is 0 Å². The molecular formula is C9H14N4O. The van der Waals surface area contributed by atoms with Crippen LogP contribution < -0.4 is 5.84 Å². The number of hydrogen-bond donors (Lipinski definition) is 1. The number of aromatic nitrogens is 1. The highest BCUT2D eigenvalue weighted by atomic mass is 16.5. The number of nitrogens with two attached hydrogens (primary N) is 1. The molecule has 0 aromatic carbocycles. The summed E-state index contributed by atoms with van der Waals surface area (Å²) < 4.78 is 5.15. The molecule has 5 heteroatoms. The summed E-state index contributed by atoms with van der Waals surface area (Å²) >= 11 is 0. The summed E-state index contributed by atoms with van der Waals surface area (Å²) in [4.78, 5) is 4.35. The molecule has 1 rings (SSSR count). The second-order valence-electron chi connectivity index (χ2n) is 2.85. The molecule has 1 heterocycles. The number of nitrogens with zero attached hydrogens (tertiary/aromatic N) is 3. The van der Waals surface area contributed by atoms with Gasteiger partial charge in [-0.3, -0.25) is 4.98 Å². The number of hydrogen-bond acceptors (Lipinski definition) is 4. The van der Waals surface area contributed by atoms with Crippen molar-refractivity contribution in [3.8, 4) is 0 Å². The SMILES string of the molecule is CO[C@@H](C)c1cccc(CN=NN)n1. The van der Waals surface area contributed by atoms with Crippen molar-refractivity contribution >= 4 is 0 Å². The van der Waals surface area contributed by atoms with Crippen LogP contribution in [0, 0.1) is 0 Å². The van der Waals surface area contributed by atoms with Gasteiger partial charge in [-0.25, -0.2) is 0 Å². The van der Waals surface area contributed by atoms with Crippen molar-refractivity contribution in [2.24, 2.45) is 16.2 Å². The van der Waals surface area contributed by atoms with Gasteiger partial charge in [0.2, 0.25) is 0 Å². The Balaban J connectivity index is 2.78. The molecule has 0 unspecified atom stereocenters. The Hall–Kier alpha value is -1.49. The average Bonchev–Trinajstić information content (AvgIpc) is 2.25. The lowest BCUT2D eigenvalue weighted by Crippen LogP contribution is -2.01. The maximum absolute atomic E-state index is 5.15. The molecule has 0 fully saturated rings. The quantitative estimate of drug-likeness (QED) is 0.449. The van der Waals surface area contributed by atoms with Crippen LogP contribution >= 0.6 is 0 Å². The Morgan fingerprint density at radius 3 is 3.00 bits per heavy atom. The standard InChI is InChI=1S/C9H14N4O/c1-7(14-2)9-5-3-4-8(12-9)6-11-13-10/h3-5,7H,6H2,1-2H3,(H2,10,11)/t7-/m0/s1. The van der Waals surface area contributed by atoms with Gasteiger partial charge in [0, 0.05) is 7.11 Å².